The highest BCUT2D eigenvalue weighted by atomic mass is 35.5. The third-order valence-electron chi connectivity index (χ3n) is 2.93. The number of fused-ring (bicyclic) bond motifs is 1. The third kappa shape index (κ3) is 1.73. The van der Waals surface area contributed by atoms with Gasteiger partial charge in [-0.3, -0.25) is 9.69 Å². The minimum atomic E-state index is -0.167. The first-order chi connectivity index (χ1) is 8.54. The van der Waals surface area contributed by atoms with Crippen molar-refractivity contribution < 1.29 is 4.79 Å². The molecule has 1 aliphatic heterocycles. The molecule has 94 valence electrons. The van der Waals surface area contributed by atoms with Gasteiger partial charge in [0, 0.05) is 24.4 Å². The number of hydrogen-bond acceptors (Lipinski definition) is 4. The predicted molar refractivity (Wildman–Crippen MR) is 66.9 cm³/mol. The number of aromatic nitrogens is 4. The molecule has 1 unspecified atom stereocenters. The molecular weight excluding hydrogens is 254 g/mol. The van der Waals surface area contributed by atoms with Gasteiger partial charge in [-0.1, -0.05) is 0 Å². The summed E-state index contributed by atoms with van der Waals surface area (Å²) in [5, 5.41) is 4.14. The van der Waals surface area contributed by atoms with Crippen LogP contribution in [0, 0.1) is 13.8 Å². The highest BCUT2D eigenvalue weighted by Crippen LogP contribution is 2.21. The lowest BCUT2D eigenvalue weighted by Gasteiger charge is -2.09. The monoisotopic (exact) mass is 265 g/mol. The van der Waals surface area contributed by atoms with Gasteiger partial charge in [0.05, 0.1) is 5.38 Å². The van der Waals surface area contributed by atoms with Gasteiger partial charge in [-0.15, -0.1) is 16.7 Å². The Bertz CT molecular complexity index is 638. The van der Waals surface area contributed by atoms with E-state index in [1.165, 1.54) is 4.90 Å². The van der Waals surface area contributed by atoms with Gasteiger partial charge in [0.25, 0.3) is 11.7 Å². The smallest absolute Gasteiger partial charge is 0.254 e. The van der Waals surface area contributed by atoms with Crippen LogP contribution in [0.2, 0.25) is 0 Å². The topological polar surface area (TPSA) is 63.4 Å². The van der Waals surface area contributed by atoms with Crippen LogP contribution in [0.4, 0.5) is 5.95 Å². The second-order valence-electron chi connectivity index (χ2n) is 4.47. The molecule has 0 aliphatic carbocycles. The SMILES string of the molecule is Cc1cc(C)n2nc(N3CC(Cl)CC3=O)nc2n1. The highest BCUT2D eigenvalue weighted by molar-refractivity contribution is 6.24. The Morgan fingerprint density at radius 3 is 2.83 bits per heavy atom. The molecule has 0 radical (unpaired) electrons. The Balaban J connectivity index is 2.09. The van der Waals surface area contributed by atoms with Gasteiger partial charge in [0.2, 0.25) is 5.91 Å². The largest absolute Gasteiger partial charge is 0.278 e. The van der Waals surface area contributed by atoms with E-state index in [0.29, 0.717) is 24.7 Å². The summed E-state index contributed by atoms with van der Waals surface area (Å²) in [5.74, 6) is 0.845. The standard InChI is InChI=1S/C11H12ClN5O/c1-6-3-7(2)17-10(13-6)14-11(15-17)16-5-8(12)4-9(16)18/h3,8H,4-5H2,1-2H3. The van der Waals surface area contributed by atoms with Crippen molar-refractivity contribution in [3.05, 3.63) is 17.5 Å². The number of anilines is 1. The van der Waals surface area contributed by atoms with Crippen molar-refractivity contribution in [1.29, 1.82) is 0 Å². The number of amides is 1. The quantitative estimate of drug-likeness (QED) is 0.724. The van der Waals surface area contributed by atoms with E-state index < -0.39 is 0 Å². The van der Waals surface area contributed by atoms with Crippen molar-refractivity contribution in [1.82, 2.24) is 19.6 Å². The number of carbonyl (C=O) groups excluding carboxylic acids is 1. The van der Waals surface area contributed by atoms with E-state index in [2.05, 4.69) is 15.1 Å². The van der Waals surface area contributed by atoms with Gasteiger partial charge in [0.1, 0.15) is 0 Å². The number of hydrogen-bond donors (Lipinski definition) is 0. The normalized spacial score (nSPS) is 20.1. The summed E-state index contributed by atoms with van der Waals surface area (Å²) in [6, 6.07) is 1.92. The summed E-state index contributed by atoms with van der Waals surface area (Å²) < 4.78 is 1.64. The molecule has 0 saturated carbocycles. The van der Waals surface area contributed by atoms with Crippen LogP contribution in [-0.4, -0.2) is 37.4 Å². The number of alkyl halides is 1. The van der Waals surface area contributed by atoms with E-state index in [9.17, 15) is 4.79 Å². The van der Waals surface area contributed by atoms with Crippen LogP contribution in [0.5, 0.6) is 0 Å². The lowest BCUT2D eigenvalue weighted by Crippen LogP contribution is -2.25. The minimum absolute atomic E-state index is 0.0414. The molecule has 6 nitrogen and oxygen atoms in total. The molecule has 1 aliphatic rings. The Kier molecular flexibility index (Phi) is 2.48. The Labute approximate surface area is 109 Å². The van der Waals surface area contributed by atoms with Gasteiger partial charge < -0.3 is 0 Å². The van der Waals surface area contributed by atoms with E-state index >= 15 is 0 Å². The number of carbonyl (C=O) groups is 1. The van der Waals surface area contributed by atoms with Crippen LogP contribution in [0.25, 0.3) is 5.78 Å². The fourth-order valence-corrected chi connectivity index (χ4v) is 2.40. The van der Waals surface area contributed by atoms with E-state index in [0.717, 1.165) is 11.4 Å². The number of nitrogens with zero attached hydrogens (tertiary/aromatic N) is 5. The summed E-state index contributed by atoms with van der Waals surface area (Å²) >= 11 is 5.97. The molecule has 0 spiro atoms. The molecule has 3 rings (SSSR count). The molecule has 0 N–H and O–H groups in total. The second-order valence-corrected chi connectivity index (χ2v) is 5.09. The molecule has 7 heteroatoms. The first-order valence-corrected chi connectivity index (χ1v) is 6.13. The fraction of sp³-hybridized carbons (Fsp3) is 0.455. The molecule has 2 aromatic rings. The molecule has 3 heterocycles. The van der Waals surface area contributed by atoms with Gasteiger partial charge >= 0.3 is 0 Å². The van der Waals surface area contributed by atoms with Crippen LogP contribution in [0.3, 0.4) is 0 Å². The molecule has 2 aromatic heterocycles. The van der Waals surface area contributed by atoms with E-state index in [1.807, 2.05) is 19.9 Å². The van der Waals surface area contributed by atoms with Gasteiger partial charge in [-0.25, -0.2) is 4.98 Å². The van der Waals surface area contributed by atoms with Crippen LogP contribution in [0.1, 0.15) is 17.8 Å². The molecule has 0 bridgehead atoms. The summed E-state index contributed by atoms with van der Waals surface area (Å²) in [6.07, 6.45) is 0.336. The molecule has 0 aromatic carbocycles. The van der Waals surface area contributed by atoms with Crippen LogP contribution in [0.15, 0.2) is 6.07 Å². The molecule has 1 fully saturated rings. The molecule has 18 heavy (non-hydrogen) atoms. The van der Waals surface area contributed by atoms with Crippen molar-refractivity contribution in [2.24, 2.45) is 0 Å². The lowest BCUT2D eigenvalue weighted by atomic mass is 10.4. The van der Waals surface area contributed by atoms with Crippen LogP contribution < -0.4 is 4.90 Å². The first kappa shape index (κ1) is 11.4. The number of aryl methyl sites for hydroxylation is 2. The maximum atomic E-state index is 11.7. The first-order valence-electron chi connectivity index (χ1n) is 5.70. The number of halogens is 1. The number of rotatable bonds is 1. The second kappa shape index (κ2) is 3.91. The summed E-state index contributed by atoms with van der Waals surface area (Å²) in [5.41, 5.74) is 1.81. The Morgan fingerprint density at radius 2 is 2.17 bits per heavy atom. The lowest BCUT2D eigenvalue weighted by molar-refractivity contribution is -0.117. The Morgan fingerprint density at radius 1 is 1.39 bits per heavy atom. The van der Waals surface area contributed by atoms with Gasteiger partial charge in [0.15, 0.2) is 0 Å². The van der Waals surface area contributed by atoms with E-state index in [-0.39, 0.29) is 11.3 Å². The maximum Gasteiger partial charge on any atom is 0.254 e. The Hall–Kier alpha value is -1.69. The molecule has 1 saturated heterocycles. The van der Waals surface area contributed by atoms with Crippen molar-refractivity contribution >= 4 is 29.2 Å². The average molecular weight is 266 g/mol. The van der Waals surface area contributed by atoms with Crippen molar-refractivity contribution in [2.75, 3.05) is 11.4 Å². The highest BCUT2D eigenvalue weighted by Gasteiger charge is 2.31. The van der Waals surface area contributed by atoms with Crippen LogP contribution in [-0.2, 0) is 4.79 Å². The van der Waals surface area contributed by atoms with Crippen molar-refractivity contribution in [3.63, 3.8) is 0 Å². The maximum absolute atomic E-state index is 11.7. The molecule has 1 amide bonds. The zero-order valence-corrected chi connectivity index (χ0v) is 10.8. The fourth-order valence-electron chi connectivity index (χ4n) is 2.13. The summed E-state index contributed by atoms with van der Waals surface area (Å²) in [7, 11) is 0. The van der Waals surface area contributed by atoms with Gasteiger partial charge in [-0.05, 0) is 19.9 Å². The molecule has 1 atom stereocenters. The zero-order valence-electron chi connectivity index (χ0n) is 10.1. The van der Waals surface area contributed by atoms with Crippen LogP contribution >= 0.6 is 11.6 Å². The van der Waals surface area contributed by atoms with Gasteiger partial charge in [-0.2, -0.15) is 9.50 Å². The average Bonchev–Trinajstić information content (AvgIpc) is 2.81. The zero-order chi connectivity index (χ0) is 12.9. The molecular formula is C11H12ClN5O. The van der Waals surface area contributed by atoms with Crippen molar-refractivity contribution in [3.8, 4) is 0 Å². The van der Waals surface area contributed by atoms with E-state index in [1.54, 1.807) is 4.52 Å². The predicted octanol–water partition coefficient (Wildman–Crippen LogP) is 1.09. The summed E-state index contributed by atoms with van der Waals surface area (Å²) in [4.78, 5) is 21.8. The third-order valence-corrected chi connectivity index (χ3v) is 3.22. The van der Waals surface area contributed by atoms with E-state index in [4.69, 9.17) is 11.6 Å². The van der Waals surface area contributed by atoms with Crippen molar-refractivity contribution in [2.45, 2.75) is 25.6 Å². The summed E-state index contributed by atoms with van der Waals surface area (Å²) in [6.45, 7) is 4.28. The minimum Gasteiger partial charge on any atom is -0.278 e.